The van der Waals surface area contributed by atoms with E-state index in [-0.39, 0.29) is 17.7 Å². The minimum Gasteiger partial charge on any atom is -0.480 e. The summed E-state index contributed by atoms with van der Waals surface area (Å²) in [4.78, 5) is 26.3. The van der Waals surface area contributed by atoms with Gasteiger partial charge in [-0.3, -0.25) is 9.59 Å². The van der Waals surface area contributed by atoms with Gasteiger partial charge in [0.2, 0.25) is 11.8 Å². The highest BCUT2D eigenvalue weighted by Crippen LogP contribution is 2.32. The van der Waals surface area contributed by atoms with Crippen molar-refractivity contribution in [3.8, 4) is 17.1 Å². The molecule has 2 heterocycles. The second-order valence-electron chi connectivity index (χ2n) is 7.10. The third-order valence-electron chi connectivity index (χ3n) is 5.07. The summed E-state index contributed by atoms with van der Waals surface area (Å²) in [7, 11) is 1.54. The molecule has 0 spiro atoms. The quantitative estimate of drug-likeness (QED) is 0.844. The fourth-order valence-corrected chi connectivity index (χ4v) is 3.40. The van der Waals surface area contributed by atoms with Gasteiger partial charge in [0.1, 0.15) is 0 Å². The summed E-state index contributed by atoms with van der Waals surface area (Å²) in [5.41, 5.74) is 2.18. The molecule has 1 saturated heterocycles. The molecule has 0 bridgehead atoms. The number of nitrogens with zero attached hydrogens (tertiary/aromatic N) is 3. The van der Waals surface area contributed by atoms with Crippen LogP contribution in [0.15, 0.2) is 36.4 Å². The summed E-state index contributed by atoms with van der Waals surface area (Å²) in [6, 6.07) is 11.3. The van der Waals surface area contributed by atoms with Gasteiger partial charge in [0.05, 0.1) is 12.8 Å². The lowest BCUT2D eigenvalue weighted by molar-refractivity contribution is -0.128. The fourth-order valence-electron chi connectivity index (χ4n) is 3.40. The van der Waals surface area contributed by atoms with E-state index in [0.29, 0.717) is 36.1 Å². The van der Waals surface area contributed by atoms with Crippen molar-refractivity contribution in [2.24, 2.45) is 5.92 Å². The SMILES string of the molecule is COc1ccc(-c2ccc(C(=O)NC[C@@H]3CC(=O)N(C4CC4)C3)cc2)nn1. The molecule has 2 amide bonds. The molecule has 4 rings (SSSR count). The zero-order valence-electron chi connectivity index (χ0n) is 15.2. The Kier molecular flexibility index (Phi) is 4.75. The number of carbonyl (C=O) groups is 2. The molecule has 0 unspecified atom stereocenters. The Morgan fingerprint density at radius 3 is 2.59 bits per heavy atom. The van der Waals surface area contributed by atoms with Gasteiger partial charge in [0, 0.05) is 48.7 Å². The largest absolute Gasteiger partial charge is 0.480 e. The van der Waals surface area contributed by atoms with Crippen LogP contribution < -0.4 is 10.1 Å². The van der Waals surface area contributed by atoms with Crippen LogP contribution in [-0.4, -0.2) is 53.2 Å². The Labute approximate surface area is 157 Å². The number of methoxy groups -OCH3 is 1. The van der Waals surface area contributed by atoms with Gasteiger partial charge in [-0.05, 0) is 31.0 Å². The van der Waals surface area contributed by atoms with Gasteiger partial charge in [-0.15, -0.1) is 10.2 Å². The first-order valence-electron chi connectivity index (χ1n) is 9.20. The van der Waals surface area contributed by atoms with Crippen LogP contribution >= 0.6 is 0 Å². The molecule has 27 heavy (non-hydrogen) atoms. The minimum atomic E-state index is -0.125. The van der Waals surface area contributed by atoms with Crippen LogP contribution in [0.3, 0.4) is 0 Å². The Morgan fingerprint density at radius 1 is 1.19 bits per heavy atom. The Balaban J connectivity index is 1.33. The first-order chi connectivity index (χ1) is 13.1. The molecular weight excluding hydrogens is 344 g/mol. The normalized spacial score (nSPS) is 19.2. The van der Waals surface area contributed by atoms with Gasteiger partial charge in [0.25, 0.3) is 5.91 Å². The summed E-state index contributed by atoms with van der Waals surface area (Å²) in [6.45, 7) is 1.29. The van der Waals surface area contributed by atoms with Gasteiger partial charge in [0.15, 0.2) is 0 Å². The van der Waals surface area contributed by atoms with E-state index in [9.17, 15) is 9.59 Å². The first-order valence-corrected chi connectivity index (χ1v) is 9.20. The molecule has 1 N–H and O–H groups in total. The predicted molar refractivity (Wildman–Crippen MR) is 99.2 cm³/mol. The number of aromatic nitrogens is 2. The summed E-state index contributed by atoms with van der Waals surface area (Å²) >= 11 is 0. The second-order valence-corrected chi connectivity index (χ2v) is 7.10. The molecule has 1 atom stereocenters. The van der Waals surface area contributed by atoms with Crippen molar-refractivity contribution in [2.45, 2.75) is 25.3 Å². The molecule has 2 aromatic rings. The van der Waals surface area contributed by atoms with E-state index >= 15 is 0 Å². The van der Waals surface area contributed by atoms with Crippen LogP contribution in [0.5, 0.6) is 5.88 Å². The molecule has 140 valence electrons. The number of likely N-dealkylation sites (tertiary alicyclic amines) is 1. The van der Waals surface area contributed by atoms with Crippen LogP contribution in [0.1, 0.15) is 29.6 Å². The average molecular weight is 366 g/mol. The predicted octanol–water partition coefficient (Wildman–Crippen LogP) is 1.89. The molecular formula is C20H22N4O3. The maximum absolute atomic E-state index is 12.4. The van der Waals surface area contributed by atoms with E-state index in [0.717, 1.165) is 24.9 Å². The number of hydrogen-bond acceptors (Lipinski definition) is 5. The van der Waals surface area contributed by atoms with Crippen molar-refractivity contribution >= 4 is 11.8 Å². The van der Waals surface area contributed by atoms with Crippen molar-refractivity contribution in [3.63, 3.8) is 0 Å². The van der Waals surface area contributed by atoms with Gasteiger partial charge < -0.3 is 15.0 Å². The number of nitrogens with one attached hydrogen (secondary N) is 1. The summed E-state index contributed by atoms with van der Waals surface area (Å²) in [5.74, 6) is 0.762. The summed E-state index contributed by atoms with van der Waals surface area (Å²) in [5, 5.41) is 11.0. The highest BCUT2D eigenvalue weighted by Gasteiger charge is 2.39. The average Bonchev–Trinajstić information content (AvgIpc) is 3.48. The molecule has 1 aromatic carbocycles. The third kappa shape index (κ3) is 3.92. The molecule has 1 aliphatic heterocycles. The number of carbonyl (C=O) groups excluding carboxylic acids is 2. The maximum Gasteiger partial charge on any atom is 0.251 e. The van der Waals surface area contributed by atoms with Gasteiger partial charge in [-0.25, -0.2) is 0 Å². The maximum atomic E-state index is 12.4. The monoisotopic (exact) mass is 366 g/mol. The van der Waals surface area contributed by atoms with Crippen LogP contribution in [0, 0.1) is 5.92 Å². The van der Waals surface area contributed by atoms with E-state index in [4.69, 9.17) is 4.74 Å². The summed E-state index contributed by atoms with van der Waals surface area (Å²) in [6.07, 6.45) is 2.78. The molecule has 1 saturated carbocycles. The lowest BCUT2D eigenvalue weighted by Crippen LogP contribution is -2.32. The minimum absolute atomic E-state index is 0.125. The van der Waals surface area contributed by atoms with E-state index in [1.54, 1.807) is 25.3 Å². The highest BCUT2D eigenvalue weighted by atomic mass is 16.5. The van der Waals surface area contributed by atoms with Crippen LogP contribution in [-0.2, 0) is 4.79 Å². The van der Waals surface area contributed by atoms with Gasteiger partial charge >= 0.3 is 0 Å². The Morgan fingerprint density at radius 2 is 1.96 bits per heavy atom. The molecule has 7 nitrogen and oxygen atoms in total. The highest BCUT2D eigenvalue weighted by molar-refractivity contribution is 5.94. The third-order valence-corrected chi connectivity index (χ3v) is 5.07. The number of amides is 2. The molecule has 7 heteroatoms. The standard InChI is InChI=1S/C20H22N4O3/c1-27-18-9-8-17(22-23-18)14-2-4-15(5-3-14)20(26)21-11-13-10-19(25)24(12-13)16-6-7-16/h2-5,8-9,13,16H,6-7,10-12H2,1H3,(H,21,26)/t13-/m0/s1. The zero-order valence-corrected chi connectivity index (χ0v) is 15.2. The van der Waals surface area contributed by atoms with E-state index < -0.39 is 0 Å². The number of benzene rings is 1. The second kappa shape index (κ2) is 7.34. The number of hydrogen-bond donors (Lipinski definition) is 1. The Bertz CT molecular complexity index is 831. The van der Waals surface area contributed by atoms with Crippen molar-refractivity contribution in [2.75, 3.05) is 20.2 Å². The van der Waals surface area contributed by atoms with Crippen LogP contribution in [0.25, 0.3) is 11.3 Å². The van der Waals surface area contributed by atoms with Crippen molar-refractivity contribution in [1.29, 1.82) is 0 Å². The van der Waals surface area contributed by atoms with Crippen LogP contribution in [0.4, 0.5) is 0 Å². The molecule has 1 aliphatic carbocycles. The van der Waals surface area contributed by atoms with Gasteiger partial charge in [-0.1, -0.05) is 12.1 Å². The van der Waals surface area contributed by atoms with E-state index in [2.05, 4.69) is 15.5 Å². The number of rotatable bonds is 6. The molecule has 2 fully saturated rings. The van der Waals surface area contributed by atoms with Crippen molar-refractivity contribution < 1.29 is 14.3 Å². The first kappa shape index (κ1) is 17.5. The van der Waals surface area contributed by atoms with Crippen molar-refractivity contribution in [1.82, 2.24) is 20.4 Å². The molecule has 1 aromatic heterocycles. The molecule has 2 aliphatic rings. The zero-order chi connectivity index (χ0) is 18.8. The fraction of sp³-hybridized carbons (Fsp3) is 0.400. The lowest BCUT2D eigenvalue weighted by Gasteiger charge is -2.15. The lowest BCUT2D eigenvalue weighted by atomic mass is 10.1. The van der Waals surface area contributed by atoms with E-state index in [1.807, 2.05) is 23.1 Å². The van der Waals surface area contributed by atoms with Crippen LogP contribution in [0.2, 0.25) is 0 Å². The molecule has 0 radical (unpaired) electrons. The number of ether oxygens (including phenoxy) is 1. The smallest absolute Gasteiger partial charge is 0.251 e. The van der Waals surface area contributed by atoms with E-state index in [1.165, 1.54) is 0 Å². The van der Waals surface area contributed by atoms with Crippen molar-refractivity contribution in [3.05, 3.63) is 42.0 Å². The Hall–Kier alpha value is -2.96. The van der Waals surface area contributed by atoms with Gasteiger partial charge in [-0.2, -0.15) is 0 Å². The topological polar surface area (TPSA) is 84.4 Å². The summed E-state index contributed by atoms with van der Waals surface area (Å²) < 4.78 is 5.00.